The minimum absolute atomic E-state index is 0.634. The van der Waals surface area contributed by atoms with Crippen molar-refractivity contribution in [3.63, 3.8) is 0 Å². The van der Waals surface area contributed by atoms with Crippen molar-refractivity contribution in [2.75, 3.05) is 0 Å². The number of nitriles is 2. The summed E-state index contributed by atoms with van der Waals surface area (Å²) in [6, 6.07) is 21.1. The van der Waals surface area contributed by atoms with E-state index in [0.29, 0.717) is 11.1 Å². The van der Waals surface area contributed by atoms with Crippen LogP contribution in [-0.4, -0.2) is 0 Å². The van der Waals surface area contributed by atoms with Crippen LogP contribution in [0.3, 0.4) is 0 Å². The Balaban J connectivity index is 2.17. The van der Waals surface area contributed by atoms with Gasteiger partial charge in [0.25, 0.3) is 0 Å². The third-order valence-corrected chi connectivity index (χ3v) is 3.40. The standard InChI is InChI=1S/C16H10N2S/c17-10-13-6-8-16(9-7-13)19-12-15(11-18)14-4-2-1-3-5-14/h1-9,12H/b15-12+. The molecule has 0 spiro atoms. The first kappa shape index (κ1) is 13.0. The lowest BCUT2D eigenvalue weighted by Gasteiger charge is -1.99. The van der Waals surface area contributed by atoms with Gasteiger partial charge in [-0.1, -0.05) is 42.1 Å². The molecule has 0 saturated carbocycles. The second kappa shape index (κ2) is 6.44. The molecule has 0 radical (unpaired) electrons. The zero-order valence-electron chi connectivity index (χ0n) is 10.1. The average Bonchev–Trinajstić information content (AvgIpc) is 2.49. The minimum atomic E-state index is 0.634. The Morgan fingerprint density at radius 3 is 2.21 bits per heavy atom. The molecule has 0 unspecified atom stereocenters. The van der Waals surface area contributed by atoms with E-state index in [-0.39, 0.29) is 0 Å². The number of rotatable bonds is 3. The van der Waals surface area contributed by atoms with Gasteiger partial charge in [-0.2, -0.15) is 10.5 Å². The van der Waals surface area contributed by atoms with Gasteiger partial charge in [0, 0.05) is 4.90 Å². The Labute approximate surface area is 116 Å². The summed E-state index contributed by atoms with van der Waals surface area (Å²) in [5.41, 5.74) is 2.18. The molecule has 90 valence electrons. The topological polar surface area (TPSA) is 47.6 Å². The lowest BCUT2D eigenvalue weighted by molar-refractivity contribution is 1.42. The van der Waals surface area contributed by atoms with Crippen molar-refractivity contribution in [1.82, 2.24) is 0 Å². The predicted octanol–water partition coefficient (Wildman–Crippen LogP) is 4.22. The van der Waals surface area contributed by atoms with E-state index in [1.807, 2.05) is 47.9 Å². The SMILES string of the molecule is N#C/C(=C\Sc1ccc(C#N)cc1)c1ccccc1. The van der Waals surface area contributed by atoms with Crippen molar-refractivity contribution in [1.29, 1.82) is 10.5 Å². The lowest BCUT2D eigenvalue weighted by atomic mass is 10.1. The summed E-state index contributed by atoms with van der Waals surface area (Å²) in [5.74, 6) is 0. The van der Waals surface area contributed by atoms with Gasteiger partial charge in [0.05, 0.1) is 17.2 Å². The summed E-state index contributed by atoms with van der Waals surface area (Å²) in [4.78, 5) is 1.00. The Kier molecular flexibility index (Phi) is 4.39. The van der Waals surface area contributed by atoms with Crippen molar-refractivity contribution >= 4 is 17.3 Å². The molecule has 19 heavy (non-hydrogen) atoms. The van der Waals surface area contributed by atoms with Crippen LogP contribution in [0.15, 0.2) is 64.9 Å². The number of nitrogens with zero attached hydrogens (tertiary/aromatic N) is 2. The number of thioether (sulfide) groups is 1. The van der Waals surface area contributed by atoms with E-state index in [1.54, 1.807) is 12.1 Å². The van der Waals surface area contributed by atoms with Gasteiger partial charge in [-0.3, -0.25) is 0 Å². The smallest absolute Gasteiger partial charge is 0.100 e. The van der Waals surface area contributed by atoms with Crippen molar-refractivity contribution in [3.05, 3.63) is 71.1 Å². The van der Waals surface area contributed by atoms with Crippen molar-refractivity contribution in [2.45, 2.75) is 4.90 Å². The molecular formula is C16H10N2S. The van der Waals surface area contributed by atoms with Crippen LogP contribution in [0.1, 0.15) is 11.1 Å². The van der Waals surface area contributed by atoms with Crippen LogP contribution in [0.4, 0.5) is 0 Å². The number of benzene rings is 2. The molecule has 2 rings (SSSR count). The van der Waals surface area contributed by atoms with Gasteiger partial charge < -0.3 is 0 Å². The van der Waals surface area contributed by atoms with Gasteiger partial charge >= 0.3 is 0 Å². The fourth-order valence-corrected chi connectivity index (χ4v) is 2.25. The molecule has 0 fully saturated rings. The first-order chi connectivity index (χ1) is 9.33. The van der Waals surface area contributed by atoms with Crippen molar-refractivity contribution < 1.29 is 0 Å². The molecule has 0 aliphatic carbocycles. The molecule has 0 amide bonds. The largest absolute Gasteiger partial charge is 0.192 e. The predicted molar refractivity (Wildman–Crippen MR) is 77.0 cm³/mol. The molecule has 0 aromatic heterocycles. The second-order valence-electron chi connectivity index (χ2n) is 3.76. The highest BCUT2D eigenvalue weighted by molar-refractivity contribution is 8.02. The van der Waals surface area contributed by atoms with Gasteiger partial charge in [-0.05, 0) is 35.2 Å². The van der Waals surface area contributed by atoms with E-state index in [4.69, 9.17) is 10.5 Å². The second-order valence-corrected chi connectivity index (χ2v) is 4.71. The lowest BCUT2D eigenvalue weighted by Crippen LogP contribution is -1.79. The van der Waals surface area contributed by atoms with E-state index >= 15 is 0 Å². The maximum Gasteiger partial charge on any atom is 0.100 e. The zero-order chi connectivity index (χ0) is 13.5. The highest BCUT2D eigenvalue weighted by Gasteiger charge is 2.00. The van der Waals surface area contributed by atoms with E-state index < -0.39 is 0 Å². The van der Waals surface area contributed by atoms with Gasteiger partial charge in [0.2, 0.25) is 0 Å². The molecule has 0 bridgehead atoms. The summed E-state index contributed by atoms with van der Waals surface area (Å²) in [7, 11) is 0. The van der Waals surface area contributed by atoms with Gasteiger partial charge in [-0.15, -0.1) is 0 Å². The fraction of sp³-hybridized carbons (Fsp3) is 0. The van der Waals surface area contributed by atoms with E-state index in [2.05, 4.69) is 12.1 Å². The van der Waals surface area contributed by atoms with Crippen LogP contribution in [0.25, 0.3) is 5.57 Å². The van der Waals surface area contributed by atoms with E-state index in [9.17, 15) is 0 Å². The molecular weight excluding hydrogens is 252 g/mol. The molecule has 0 aliphatic rings. The highest BCUT2D eigenvalue weighted by atomic mass is 32.2. The van der Waals surface area contributed by atoms with Gasteiger partial charge in [-0.25, -0.2) is 0 Å². The Bertz CT molecular complexity index is 659. The highest BCUT2D eigenvalue weighted by Crippen LogP contribution is 2.24. The molecule has 3 heteroatoms. The molecule has 2 aromatic rings. The van der Waals surface area contributed by atoms with Gasteiger partial charge in [0.15, 0.2) is 0 Å². The molecule has 0 N–H and O–H groups in total. The first-order valence-electron chi connectivity index (χ1n) is 5.66. The monoisotopic (exact) mass is 262 g/mol. The Morgan fingerprint density at radius 1 is 0.947 bits per heavy atom. The van der Waals surface area contributed by atoms with Crippen LogP contribution < -0.4 is 0 Å². The van der Waals surface area contributed by atoms with Crippen molar-refractivity contribution in [2.24, 2.45) is 0 Å². The van der Waals surface area contributed by atoms with Gasteiger partial charge in [0.1, 0.15) is 6.07 Å². The summed E-state index contributed by atoms with van der Waals surface area (Å²) in [6.07, 6.45) is 0. The van der Waals surface area contributed by atoms with Crippen LogP contribution in [0.2, 0.25) is 0 Å². The average molecular weight is 262 g/mol. The number of allylic oxidation sites excluding steroid dienone is 1. The van der Waals surface area contributed by atoms with E-state index in [0.717, 1.165) is 10.5 Å². The summed E-state index contributed by atoms with van der Waals surface area (Å²) >= 11 is 1.47. The first-order valence-corrected chi connectivity index (χ1v) is 6.54. The molecule has 0 heterocycles. The minimum Gasteiger partial charge on any atom is -0.192 e. The molecule has 2 aromatic carbocycles. The quantitative estimate of drug-likeness (QED) is 0.614. The normalized spacial score (nSPS) is 10.5. The fourth-order valence-electron chi connectivity index (χ4n) is 1.51. The summed E-state index contributed by atoms with van der Waals surface area (Å²) in [5, 5.41) is 19.7. The third-order valence-electron chi connectivity index (χ3n) is 2.50. The molecule has 0 atom stereocenters. The summed E-state index contributed by atoms with van der Waals surface area (Å²) in [6.45, 7) is 0. The zero-order valence-corrected chi connectivity index (χ0v) is 10.9. The Hall–Kier alpha value is -2.49. The molecule has 0 saturated heterocycles. The van der Waals surface area contributed by atoms with Crippen LogP contribution in [0, 0.1) is 22.7 Å². The summed E-state index contributed by atoms with van der Waals surface area (Å²) < 4.78 is 0. The van der Waals surface area contributed by atoms with Crippen molar-refractivity contribution in [3.8, 4) is 12.1 Å². The number of hydrogen-bond acceptors (Lipinski definition) is 3. The maximum atomic E-state index is 9.16. The van der Waals surface area contributed by atoms with Crippen LogP contribution >= 0.6 is 11.8 Å². The van der Waals surface area contributed by atoms with E-state index in [1.165, 1.54) is 11.8 Å². The number of hydrogen-bond donors (Lipinski definition) is 0. The van der Waals surface area contributed by atoms with Crippen LogP contribution in [0.5, 0.6) is 0 Å². The Morgan fingerprint density at radius 2 is 1.63 bits per heavy atom. The maximum absolute atomic E-state index is 9.16. The third kappa shape index (κ3) is 3.48. The molecule has 0 aliphatic heterocycles. The molecule has 2 nitrogen and oxygen atoms in total. The van der Waals surface area contributed by atoms with Crippen LogP contribution in [-0.2, 0) is 0 Å².